The van der Waals surface area contributed by atoms with Crippen molar-refractivity contribution in [1.82, 2.24) is 9.88 Å². The van der Waals surface area contributed by atoms with Gasteiger partial charge in [-0.2, -0.15) is 0 Å². The van der Waals surface area contributed by atoms with Crippen LogP contribution in [-0.2, 0) is 9.53 Å². The number of pyridine rings is 1. The summed E-state index contributed by atoms with van der Waals surface area (Å²) >= 11 is 1.87. The highest BCUT2D eigenvalue weighted by Crippen LogP contribution is 2.48. The topological polar surface area (TPSA) is 71.7 Å². The maximum absolute atomic E-state index is 12.4. The number of thioether (sulfide) groups is 1. The number of carbonyl (C=O) groups excluding carboxylic acids is 1. The van der Waals surface area contributed by atoms with Crippen molar-refractivity contribution >= 4 is 29.2 Å². The Bertz CT molecular complexity index is 757. The summed E-state index contributed by atoms with van der Waals surface area (Å²) in [7, 11) is 1.63. The number of piperazine rings is 1. The molecule has 1 amide bonds. The lowest BCUT2D eigenvalue weighted by Crippen LogP contribution is -2.54. The molecule has 0 aromatic carbocycles. The molecule has 2 aliphatic heterocycles. The zero-order chi connectivity index (χ0) is 19.7. The van der Waals surface area contributed by atoms with Crippen molar-refractivity contribution in [1.29, 1.82) is 0 Å². The third-order valence-electron chi connectivity index (χ3n) is 5.86. The second kappa shape index (κ2) is 8.33. The zero-order valence-corrected chi connectivity index (χ0v) is 17.6. The van der Waals surface area contributed by atoms with Crippen LogP contribution in [0.15, 0.2) is 17.6 Å². The summed E-state index contributed by atoms with van der Waals surface area (Å²) in [4.78, 5) is 21.7. The smallest absolute Gasteiger partial charge is 0.225 e. The monoisotopic (exact) mass is 402 g/mol. The molecule has 2 fully saturated rings. The molecule has 3 aliphatic rings. The number of nitrogens with zero attached hydrogens (tertiary/aromatic N) is 3. The fourth-order valence-corrected chi connectivity index (χ4v) is 5.15. The molecule has 4 rings (SSSR count). The van der Waals surface area contributed by atoms with Gasteiger partial charge in [0, 0.05) is 44.0 Å². The van der Waals surface area contributed by atoms with Crippen LogP contribution in [-0.4, -0.2) is 55.2 Å². The Morgan fingerprint density at radius 2 is 2.21 bits per heavy atom. The second-order valence-electron chi connectivity index (χ2n) is 8.01. The largest absolute Gasteiger partial charge is 0.396 e. The van der Waals surface area contributed by atoms with E-state index in [1.165, 1.54) is 24.1 Å². The van der Waals surface area contributed by atoms with Gasteiger partial charge in [-0.05, 0) is 43.2 Å². The quantitative estimate of drug-likeness (QED) is 0.787. The normalized spacial score (nSPS) is 24.8. The number of amides is 1. The molecule has 28 heavy (non-hydrogen) atoms. The Morgan fingerprint density at radius 1 is 1.39 bits per heavy atom. The summed E-state index contributed by atoms with van der Waals surface area (Å²) in [5.41, 5.74) is 9.81. The van der Waals surface area contributed by atoms with E-state index in [1.54, 1.807) is 7.11 Å². The van der Waals surface area contributed by atoms with Gasteiger partial charge in [-0.3, -0.25) is 4.79 Å². The van der Waals surface area contributed by atoms with E-state index in [0.29, 0.717) is 30.7 Å². The highest BCUT2D eigenvalue weighted by molar-refractivity contribution is 8.02. The Morgan fingerprint density at radius 3 is 2.86 bits per heavy atom. The summed E-state index contributed by atoms with van der Waals surface area (Å²) in [6.07, 6.45) is 6.19. The lowest BCUT2D eigenvalue weighted by atomic mass is 10.0. The van der Waals surface area contributed by atoms with Crippen molar-refractivity contribution in [2.45, 2.75) is 49.8 Å². The fourth-order valence-electron chi connectivity index (χ4n) is 4.18. The molecule has 7 heteroatoms. The van der Waals surface area contributed by atoms with Crippen molar-refractivity contribution in [3.8, 4) is 0 Å². The van der Waals surface area contributed by atoms with Crippen LogP contribution in [0, 0.1) is 0 Å². The number of rotatable bonds is 6. The third kappa shape index (κ3) is 4.01. The summed E-state index contributed by atoms with van der Waals surface area (Å²) in [6, 6.07) is 2.31. The number of methoxy groups -OCH3 is 1. The second-order valence-corrected chi connectivity index (χ2v) is 9.12. The van der Waals surface area contributed by atoms with Crippen LogP contribution in [0.3, 0.4) is 0 Å². The number of allylic oxidation sites excluding steroid dienone is 1. The molecule has 0 bridgehead atoms. The summed E-state index contributed by atoms with van der Waals surface area (Å²) < 4.78 is 5.05. The lowest BCUT2D eigenvalue weighted by molar-refractivity contribution is -0.134. The maximum atomic E-state index is 12.4. The molecule has 0 radical (unpaired) electrons. The number of nitrogens with two attached hydrogens (primary N) is 1. The Hall–Kier alpha value is -1.73. The molecule has 1 saturated heterocycles. The number of nitrogen functional groups attached to an aromatic ring is 1. The Kier molecular flexibility index (Phi) is 5.83. The predicted molar refractivity (Wildman–Crippen MR) is 115 cm³/mol. The van der Waals surface area contributed by atoms with Crippen molar-refractivity contribution in [2.24, 2.45) is 0 Å². The number of aromatic nitrogens is 1. The van der Waals surface area contributed by atoms with E-state index in [9.17, 15) is 4.79 Å². The van der Waals surface area contributed by atoms with E-state index < -0.39 is 0 Å². The minimum absolute atomic E-state index is 0.137. The van der Waals surface area contributed by atoms with Crippen molar-refractivity contribution in [3.05, 3.63) is 28.8 Å². The zero-order valence-electron chi connectivity index (χ0n) is 16.8. The molecule has 1 unspecified atom stereocenters. The van der Waals surface area contributed by atoms with Crippen LogP contribution in [0.25, 0.3) is 0 Å². The van der Waals surface area contributed by atoms with Crippen LogP contribution in [0.1, 0.15) is 55.0 Å². The first-order chi connectivity index (χ1) is 13.6. The van der Waals surface area contributed by atoms with Gasteiger partial charge in [0.15, 0.2) is 5.82 Å². The van der Waals surface area contributed by atoms with Gasteiger partial charge < -0.3 is 20.3 Å². The molecule has 3 heterocycles. The highest BCUT2D eigenvalue weighted by atomic mass is 32.2. The molecule has 2 N–H and O–H groups in total. The van der Waals surface area contributed by atoms with Crippen molar-refractivity contribution < 1.29 is 9.53 Å². The van der Waals surface area contributed by atoms with Gasteiger partial charge in [0.2, 0.25) is 5.91 Å². The standard InChI is InChI=1S/C21H30N4O2S/c1-14-13-24(8-9-25(14)19(26)7-10-27-2)21-17(22)12-16(18-4-3-11-28-18)20(23-21)15-5-6-15/h3,11-12,14-15,18H,4-10,13,22H2,1-2H3/t14-,18?/m1/s1. The molecular weight excluding hydrogens is 372 g/mol. The Balaban J connectivity index is 1.52. The first-order valence-electron chi connectivity index (χ1n) is 10.2. The molecule has 0 spiro atoms. The summed E-state index contributed by atoms with van der Waals surface area (Å²) in [5.74, 6) is 1.65. The van der Waals surface area contributed by atoms with Gasteiger partial charge in [0.25, 0.3) is 0 Å². The minimum Gasteiger partial charge on any atom is -0.396 e. The van der Waals surface area contributed by atoms with E-state index in [1.807, 2.05) is 16.7 Å². The number of hydrogen-bond acceptors (Lipinski definition) is 6. The summed E-state index contributed by atoms with van der Waals surface area (Å²) in [6.45, 7) is 4.81. The average Bonchev–Trinajstić information content (AvgIpc) is 3.39. The molecule has 6 nitrogen and oxygen atoms in total. The van der Waals surface area contributed by atoms with E-state index >= 15 is 0 Å². The van der Waals surface area contributed by atoms with Crippen LogP contribution in [0.2, 0.25) is 0 Å². The van der Waals surface area contributed by atoms with Crippen molar-refractivity contribution in [2.75, 3.05) is 44.0 Å². The number of anilines is 2. The molecular formula is C21H30N4O2S. The van der Waals surface area contributed by atoms with Gasteiger partial charge in [0.05, 0.1) is 24.4 Å². The number of hydrogen-bond donors (Lipinski definition) is 1. The van der Waals surface area contributed by atoms with Crippen LogP contribution in [0.5, 0.6) is 0 Å². The van der Waals surface area contributed by atoms with Gasteiger partial charge >= 0.3 is 0 Å². The molecule has 1 saturated carbocycles. The number of carbonyl (C=O) groups is 1. The minimum atomic E-state index is 0.137. The molecule has 152 valence electrons. The van der Waals surface area contributed by atoms with Crippen LogP contribution < -0.4 is 10.6 Å². The van der Waals surface area contributed by atoms with Gasteiger partial charge in [-0.1, -0.05) is 6.08 Å². The SMILES string of the molecule is COCCC(=O)N1CCN(c2nc(C3CC3)c(C3CC=CS3)cc2N)C[C@H]1C. The van der Waals surface area contributed by atoms with Crippen molar-refractivity contribution in [3.63, 3.8) is 0 Å². The molecule has 1 aromatic heterocycles. The fraction of sp³-hybridized carbons (Fsp3) is 0.619. The third-order valence-corrected chi connectivity index (χ3v) is 6.98. The van der Waals surface area contributed by atoms with Crippen LogP contribution in [0.4, 0.5) is 11.5 Å². The lowest BCUT2D eigenvalue weighted by Gasteiger charge is -2.41. The van der Waals surface area contributed by atoms with E-state index in [0.717, 1.165) is 31.0 Å². The summed E-state index contributed by atoms with van der Waals surface area (Å²) in [5, 5.41) is 2.64. The molecule has 2 atom stereocenters. The van der Waals surface area contributed by atoms with E-state index in [-0.39, 0.29) is 11.9 Å². The van der Waals surface area contributed by atoms with Gasteiger partial charge in [-0.25, -0.2) is 4.98 Å². The molecule has 1 aliphatic carbocycles. The first kappa shape index (κ1) is 19.6. The molecule has 1 aromatic rings. The number of ether oxygens (including phenoxy) is 1. The maximum Gasteiger partial charge on any atom is 0.225 e. The van der Waals surface area contributed by atoms with Gasteiger partial charge in [-0.15, -0.1) is 11.8 Å². The van der Waals surface area contributed by atoms with Crippen LogP contribution >= 0.6 is 11.8 Å². The van der Waals surface area contributed by atoms with Gasteiger partial charge in [0.1, 0.15) is 0 Å². The first-order valence-corrected chi connectivity index (χ1v) is 11.2. The highest BCUT2D eigenvalue weighted by Gasteiger charge is 2.34. The average molecular weight is 403 g/mol. The predicted octanol–water partition coefficient (Wildman–Crippen LogP) is 3.31. The Labute approximate surface area is 171 Å². The van der Waals surface area contributed by atoms with E-state index in [2.05, 4.69) is 29.4 Å². The van der Waals surface area contributed by atoms with E-state index in [4.69, 9.17) is 15.5 Å².